The molecule has 2 aliphatic heterocycles. The van der Waals surface area contributed by atoms with Gasteiger partial charge in [-0.05, 0) is 38.1 Å². The molecule has 3 rings (SSSR count). The zero-order chi connectivity index (χ0) is 15.2. The Kier molecular flexibility index (Phi) is 5.93. The minimum absolute atomic E-state index is 0.764. The summed E-state index contributed by atoms with van der Waals surface area (Å²) >= 11 is 6.25. The SMILES string of the molecule is Clc1cccnc1N1CCN(CCN2CCCCCC2)CC1. The Labute approximate surface area is 139 Å². The smallest absolute Gasteiger partial charge is 0.147 e. The van der Waals surface area contributed by atoms with E-state index >= 15 is 0 Å². The molecule has 0 N–H and O–H groups in total. The van der Waals surface area contributed by atoms with Crippen LogP contribution in [0.4, 0.5) is 5.82 Å². The molecule has 0 bridgehead atoms. The average Bonchev–Trinajstić information content (AvgIpc) is 2.83. The van der Waals surface area contributed by atoms with E-state index < -0.39 is 0 Å². The van der Waals surface area contributed by atoms with E-state index in [1.165, 1.54) is 51.9 Å². The Morgan fingerprint density at radius 1 is 0.864 bits per heavy atom. The number of anilines is 1. The van der Waals surface area contributed by atoms with Gasteiger partial charge in [-0.3, -0.25) is 4.90 Å². The molecule has 0 saturated carbocycles. The summed E-state index contributed by atoms with van der Waals surface area (Å²) in [5.74, 6) is 0.941. The number of pyridine rings is 1. The van der Waals surface area contributed by atoms with Gasteiger partial charge in [-0.15, -0.1) is 0 Å². The highest BCUT2D eigenvalue weighted by Gasteiger charge is 2.20. The molecule has 0 aliphatic carbocycles. The van der Waals surface area contributed by atoms with Crippen LogP contribution in [0.3, 0.4) is 0 Å². The van der Waals surface area contributed by atoms with Crippen molar-refractivity contribution >= 4 is 17.4 Å². The molecule has 0 atom stereocenters. The van der Waals surface area contributed by atoms with Crippen LogP contribution in [0.25, 0.3) is 0 Å². The van der Waals surface area contributed by atoms with Gasteiger partial charge in [0.1, 0.15) is 5.82 Å². The van der Waals surface area contributed by atoms with E-state index in [0.717, 1.165) is 37.0 Å². The molecule has 2 fully saturated rings. The maximum atomic E-state index is 6.25. The Bertz CT molecular complexity index is 452. The maximum Gasteiger partial charge on any atom is 0.147 e. The molecule has 0 radical (unpaired) electrons. The number of piperazine rings is 1. The average molecular weight is 323 g/mol. The Balaban J connectivity index is 1.43. The zero-order valence-electron chi connectivity index (χ0n) is 13.4. The first-order chi connectivity index (χ1) is 10.8. The van der Waals surface area contributed by atoms with Crippen LogP contribution in [-0.4, -0.2) is 67.1 Å². The lowest BCUT2D eigenvalue weighted by Crippen LogP contribution is -2.48. The van der Waals surface area contributed by atoms with Crippen molar-refractivity contribution in [2.24, 2.45) is 0 Å². The van der Waals surface area contributed by atoms with Gasteiger partial charge in [-0.2, -0.15) is 0 Å². The van der Waals surface area contributed by atoms with Gasteiger partial charge in [-0.25, -0.2) is 4.98 Å². The third kappa shape index (κ3) is 4.34. The highest BCUT2D eigenvalue weighted by molar-refractivity contribution is 6.32. The minimum Gasteiger partial charge on any atom is -0.353 e. The molecule has 2 aliphatic rings. The van der Waals surface area contributed by atoms with Crippen LogP contribution in [0.5, 0.6) is 0 Å². The van der Waals surface area contributed by atoms with Gasteiger partial charge in [0.2, 0.25) is 0 Å². The molecule has 0 aromatic carbocycles. The standard InChI is InChI=1S/C17H27ClN4/c18-16-6-5-7-19-17(16)22-14-12-21(13-15-22)11-10-20-8-3-1-2-4-9-20/h5-7H,1-4,8-15H2. The lowest BCUT2D eigenvalue weighted by atomic mass is 10.2. The first-order valence-electron chi connectivity index (χ1n) is 8.63. The summed E-state index contributed by atoms with van der Waals surface area (Å²) in [6, 6.07) is 3.82. The Morgan fingerprint density at radius 3 is 2.14 bits per heavy atom. The van der Waals surface area contributed by atoms with Crippen molar-refractivity contribution in [3.63, 3.8) is 0 Å². The fourth-order valence-corrected chi connectivity index (χ4v) is 3.68. The van der Waals surface area contributed by atoms with E-state index in [4.69, 9.17) is 11.6 Å². The molecule has 22 heavy (non-hydrogen) atoms. The van der Waals surface area contributed by atoms with Crippen molar-refractivity contribution in [2.75, 3.05) is 57.3 Å². The second-order valence-electron chi connectivity index (χ2n) is 6.39. The lowest BCUT2D eigenvalue weighted by Gasteiger charge is -2.36. The van der Waals surface area contributed by atoms with E-state index in [-0.39, 0.29) is 0 Å². The number of halogens is 1. The second kappa shape index (κ2) is 8.14. The summed E-state index contributed by atoms with van der Waals surface area (Å²) in [6.45, 7) is 9.29. The van der Waals surface area contributed by atoms with E-state index in [9.17, 15) is 0 Å². The van der Waals surface area contributed by atoms with Gasteiger partial charge in [-0.1, -0.05) is 24.4 Å². The number of hydrogen-bond acceptors (Lipinski definition) is 4. The normalized spacial score (nSPS) is 21.8. The van der Waals surface area contributed by atoms with Crippen molar-refractivity contribution in [3.05, 3.63) is 23.4 Å². The zero-order valence-corrected chi connectivity index (χ0v) is 14.1. The number of likely N-dealkylation sites (tertiary alicyclic amines) is 1. The van der Waals surface area contributed by atoms with Gasteiger partial charge in [0.15, 0.2) is 0 Å². The number of hydrogen-bond donors (Lipinski definition) is 0. The van der Waals surface area contributed by atoms with Crippen LogP contribution < -0.4 is 4.90 Å². The topological polar surface area (TPSA) is 22.6 Å². The monoisotopic (exact) mass is 322 g/mol. The van der Waals surface area contributed by atoms with Crippen molar-refractivity contribution in [1.29, 1.82) is 0 Å². The molecule has 5 heteroatoms. The lowest BCUT2D eigenvalue weighted by molar-refractivity contribution is 0.199. The van der Waals surface area contributed by atoms with E-state index in [1.807, 2.05) is 18.3 Å². The van der Waals surface area contributed by atoms with Crippen molar-refractivity contribution in [1.82, 2.24) is 14.8 Å². The van der Waals surface area contributed by atoms with Gasteiger partial charge in [0.05, 0.1) is 5.02 Å². The van der Waals surface area contributed by atoms with Gasteiger partial charge in [0.25, 0.3) is 0 Å². The summed E-state index contributed by atoms with van der Waals surface area (Å²) in [7, 11) is 0. The summed E-state index contributed by atoms with van der Waals surface area (Å²) < 4.78 is 0. The van der Waals surface area contributed by atoms with Crippen LogP contribution in [0, 0.1) is 0 Å². The van der Waals surface area contributed by atoms with Crippen LogP contribution in [0.2, 0.25) is 5.02 Å². The van der Waals surface area contributed by atoms with E-state index in [0.29, 0.717) is 0 Å². The summed E-state index contributed by atoms with van der Waals surface area (Å²) in [6.07, 6.45) is 7.42. The predicted octanol–water partition coefficient (Wildman–Crippen LogP) is 2.73. The van der Waals surface area contributed by atoms with Crippen molar-refractivity contribution in [3.8, 4) is 0 Å². The van der Waals surface area contributed by atoms with Gasteiger partial charge in [0, 0.05) is 45.5 Å². The number of aromatic nitrogens is 1. The predicted molar refractivity (Wildman–Crippen MR) is 92.8 cm³/mol. The molecule has 122 valence electrons. The fourth-order valence-electron chi connectivity index (χ4n) is 3.44. The van der Waals surface area contributed by atoms with E-state index in [1.54, 1.807) is 0 Å². The molecule has 2 saturated heterocycles. The number of nitrogens with zero attached hydrogens (tertiary/aromatic N) is 4. The van der Waals surface area contributed by atoms with Crippen LogP contribution in [-0.2, 0) is 0 Å². The molecule has 1 aromatic heterocycles. The van der Waals surface area contributed by atoms with Crippen molar-refractivity contribution in [2.45, 2.75) is 25.7 Å². The molecule has 0 spiro atoms. The van der Waals surface area contributed by atoms with Gasteiger partial charge < -0.3 is 9.80 Å². The van der Waals surface area contributed by atoms with Crippen LogP contribution in [0.15, 0.2) is 18.3 Å². The molecule has 4 nitrogen and oxygen atoms in total. The van der Waals surface area contributed by atoms with E-state index in [2.05, 4.69) is 19.7 Å². The third-order valence-electron chi connectivity index (χ3n) is 4.84. The largest absolute Gasteiger partial charge is 0.353 e. The highest BCUT2D eigenvalue weighted by atomic mass is 35.5. The summed E-state index contributed by atoms with van der Waals surface area (Å²) in [4.78, 5) is 12.0. The molecule has 1 aromatic rings. The summed E-state index contributed by atoms with van der Waals surface area (Å²) in [5.41, 5.74) is 0. The quantitative estimate of drug-likeness (QED) is 0.850. The molecule has 0 amide bonds. The summed E-state index contributed by atoms with van der Waals surface area (Å²) in [5, 5.41) is 0.764. The van der Waals surface area contributed by atoms with Crippen molar-refractivity contribution < 1.29 is 0 Å². The first-order valence-corrected chi connectivity index (χ1v) is 9.01. The highest BCUT2D eigenvalue weighted by Crippen LogP contribution is 2.23. The Morgan fingerprint density at radius 2 is 1.50 bits per heavy atom. The molecular formula is C17H27ClN4. The second-order valence-corrected chi connectivity index (χ2v) is 6.80. The third-order valence-corrected chi connectivity index (χ3v) is 5.14. The molecule has 3 heterocycles. The van der Waals surface area contributed by atoms with Crippen LogP contribution >= 0.6 is 11.6 Å². The van der Waals surface area contributed by atoms with Crippen LogP contribution in [0.1, 0.15) is 25.7 Å². The molecule has 0 unspecified atom stereocenters. The maximum absolute atomic E-state index is 6.25. The Hall–Kier alpha value is -0.840. The first kappa shape index (κ1) is 16.0. The molecular weight excluding hydrogens is 296 g/mol. The van der Waals surface area contributed by atoms with Gasteiger partial charge >= 0.3 is 0 Å². The minimum atomic E-state index is 0.764. The fraction of sp³-hybridized carbons (Fsp3) is 0.706. The number of rotatable bonds is 4.